The molecule has 0 amide bonds. The molecule has 12 heavy (non-hydrogen) atoms. The van der Waals surface area contributed by atoms with Gasteiger partial charge in [-0.15, -0.1) is 0 Å². The molecular weight excluding hydrogens is 148 g/mol. The molecule has 0 N–H and O–H groups in total. The lowest BCUT2D eigenvalue weighted by Crippen LogP contribution is -2.10. The van der Waals surface area contributed by atoms with E-state index in [0.29, 0.717) is 12.2 Å². The van der Waals surface area contributed by atoms with Crippen LogP contribution >= 0.6 is 0 Å². The summed E-state index contributed by atoms with van der Waals surface area (Å²) >= 11 is 0. The van der Waals surface area contributed by atoms with Crippen molar-refractivity contribution in [3.05, 3.63) is 0 Å². The van der Waals surface area contributed by atoms with Crippen molar-refractivity contribution >= 4 is 0 Å². The molecule has 1 aliphatic rings. The van der Waals surface area contributed by atoms with Gasteiger partial charge in [-0.2, -0.15) is 0 Å². The Labute approximate surface area is 76.5 Å². The van der Waals surface area contributed by atoms with Crippen molar-refractivity contribution in [2.45, 2.75) is 65.1 Å². The summed E-state index contributed by atoms with van der Waals surface area (Å²) in [4.78, 5) is 0. The molecule has 0 spiro atoms. The topological polar surface area (TPSA) is 9.23 Å². The van der Waals surface area contributed by atoms with E-state index in [-0.39, 0.29) is 0 Å². The maximum absolute atomic E-state index is 5.70. The van der Waals surface area contributed by atoms with Gasteiger partial charge in [0.2, 0.25) is 0 Å². The van der Waals surface area contributed by atoms with Crippen LogP contribution < -0.4 is 0 Å². The monoisotopic (exact) mass is 170 g/mol. The summed E-state index contributed by atoms with van der Waals surface area (Å²) in [6.45, 7) is 6.67. The maximum Gasteiger partial charge on any atom is 0.0579 e. The SMILES string of the molecule is CCCCCC1CC(C)OC1C. The zero-order valence-corrected chi connectivity index (χ0v) is 8.68. The van der Waals surface area contributed by atoms with Crippen molar-refractivity contribution in [3.63, 3.8) is 0 Å². The summed E-state index contributed by atoms with van der Waals surface area (Å²) in [6.07, 6.45) is 7.78. The molecule has 0 radical (unpaired) electrons. The molecule has 0 saturated carbocycles. The van der Waals surface area contributed by atoms with Crippen LogP contribution in [0.1, 0.15) is 52.9 Å². The van der Waals surface area contributed by atoms with Crippen LogP contribution in [0.5, 0.6) is 0 Å². The molecule has 0 aromatic carbocycles. The minimum atomic E-state index is 0.506. The van der Waals surface area contributed by atoms with Gasteiger partial charge in [0.05, 0.1) is 12.2 Å². The molecule has 1 heterocycles. The molecule has 3 unspecified atom stereocenters. The number of ether oxygens (including phenoxy) is 1. The number of unbranched alkanes of at least 4 members (excludes halogenated alkanes) is 2. The predicted octanol–water partition coefficient (Wildman–Crippen LogP) is 3.38. The summed E-state index contributed by atoms with van der Waals surface area (Å²) in [6, 6.07) is 0. The highest BCUT2D eigenvalue weighted by Crippen LogP contribution is 2.29. The number of rotatable bonds is 4. The molecule has 1 fully saturated rings. The van der Waals surface area contributed by atoms with Crippen LogP contribution in [0.15, 0.2) is 0 Å². The molecule has 1 saturated heterocycles. The van der Waals surface area contributed by atoms with Gasteiger partial charge in [-0.25, -0.2) is 0 Å². The van der Waals surface area contributed by atoms with Gasteiger partial charge in [-0.1, -0.05) is 26.2 Å². The van der Waals surface area contributed by atoms with E-state index in [9.17, 15) is 0 Å². The van der Waals surface area contributed by atoms with Crippen molar-refractivity contribution in [3.8, 4) is 0 Å². The highest BCUT2D eigenvalue weighted by atomic mass is 16.5. The van der Waals surface area contributed by atoms with Gasteiger partial charge in [0, 0.05) is 0 Å². The fraction of sp³-hybridized carbons (Fsp3) is 1.00. The Kier molecular flexibility index (Phi) is 4.07. The van der Waals surface area contributed by atoms with E-state index in [2.05, 4.69) is 20.8 Å². The first-order valence-corrected chi connectivity index (χ1v) is 5.39. The van der Waals surface area contributed by atoms with Crippen LogP contribution in [-0.2, 0) is 4.74 Å². The van der Waals surface area contributed by atoms with E-state index in [0.717, 1.165) is 5.92 Å². The Bertz CT molecular complexity index is 122. The van der Waals surface area contributed by atoms with E-state index in [1.165, 1.54) is 32.1 Å². The lowest BCUT2D eigenvalue weighted by molar-refractivity contribution is 0.0547. The molecule has 0 bridgehead atoms. The highest BCUT2D eigenvalue weighted by Gasteiger charge is 2.28. The lowest BCUT2D eigenvalue weighted by atomic mass is 9.94. The van der Waals surface area contributed by atoms with Crippen molar-refractivity contribution in [2.24, 2.45) is 5.92 Å². The van der Waals surface area contributed by atoms with Crippen LogP contribution in [0.3, 0.4) is 0 Å². The Hall–Kier alpha value is -0.0400. The first kappa shape index (κ1) is 10.0. The molecular formula is C11H22O. The van der Waals surface area contributed by atoms with Gasteiger partial charge >= 0.3 is 0 Å². The second-order valence-electron chi connectivity index (χ2n) is 4.14. The fourth-order valence-electron chi connectivity index (χ4n) is 2.16. The Morgan fingerprint density at radius 1 is 1.25 bits per heavy atom. The van der Waals surface area contributed by atoms with Crippen LogP contribution in [0.2, 0.25) is 0 Å². The van der Waals surface area contributed by atoms with Crippen LogP contribution in [-0.4, -0.2) is 12.2 Å². The van der Waals surface area contributed by atoms with E-state index < -0.39 is 0 Å². The zero-order chi connectivity index (χ0) is 8.97. The molecule has 1 heteroatoms. The van der Waals surface area contributed by atoms with Gasteiger partial charge < -0.3 is 4.74 Å². The highest BCUT2D eigenvalue weighted by molar-refractivity contribution is 4.77. The molecule has 0 aromatic heterocycles. The van der Waals surface area contributed by atoms with Gasteiger partial charge in [0.25, 0.3) is 0 Å². The third kappa shape index (κ3) is 2.78. The summed E-state index contributed by atoms with van der Waals surface area (Å²) in [7, 11) is 0. The third-order valence-electron chi connectivity index (χ3n) is 2.92. The minimum Gasteiger partial charge on any atom is -0.375 e. The Balaban J connectivity index is 2.15. The maximum atomic E-state index is 5.70. The fourth-order valence-corrected chi connectivity index (χ4v) is 2.16. The first-order chi connectivity index (χ1) is 5.74. The Morgan fingerprint density at radius 2 is 2.00 bits per heavy atom. The van der Waals surface area contributed by atoms with Gasteiger partial charge in [0.15, 0.2) is 0 Å². The summed E-state index contributed by atoms with van der Waals surface area (Å²) < 4.78 is 5.70. The van der Waals surface area contributed by atoms with Crippen molar-refractivity contribution in [2.75, 3.05) is 0 Å². The average molecular weight is 170 g/mol. The minimum absolute atomic E-state index is 0.506. The molecule has 3 atom stereocenters. The summed E-state index contributed by atoms with van der Waals surface area (Å²) in [5.74, 6) is 0.839. The molecule has 72 valence electrons. The molecule has 0 aliphatic carbocycles. The molecule has 1 nitrogen and oxygen atoms in total. The second kappa shape index (κ2) is 4.86. The zero-order valence-electron chi connectivity index (χ0n) is 8.68. The van der Waals surface area contributed by atoms with Gasteiger partial charge in [-0.05, 0) is 32.6 Å². The molecule has 1 rings (SSSR count). The van der Waals surface area contributed by atoms with E-state index in [1.807, 2.05) is 0 Å². The van der Waals surface area contributed by atoms with E-state index in [1.54, 1.807) is 0 Å². The number of hydrogen-bond donors (Lipinski definition) is 0. The van der Waals surface area contributed by atoms with Gasteiger partial charge in [0.1, 0.15) is 0 Å². The van der Waals surface area contributed by atoms with Crippen molar-refractivity contribution in [1.29, 1.82) is 0 Å². The van der Waals surface area contributed by atoms with E-state index >= 15 is 0 Å². The number of hydrogen-bond acceptors (Lipinski definition) is 1. The second-order valence-corrected chi connectivity index (χ2v) is 4.14. The normalized spacial score (nSPS) is 35.8. The van der Waals surface area contributed by atoms with Crippen molar-refractivity contribution < 1.29 is 4.74 Å². The van der Waals surface area contributed by atoms with Gasteiger partial charge in [-0.3, -0.25) is 0 Å². The predicted molar refractivity (Wildman–Crippen MR) is 52.3 cm³/mol. The quantitative estimate of drug-likeness (QED) is 0.588. The smallest absolute Gasteiger partial charge is 0.0579 e. The largest absolute Gasteiger partial charge is 0.375 e. The standard InChI is InChI=1S/C11H22O/c1-4-5-6-7-11-8-9(2)12-10(11)3/h9-11H,4-8H2,1-3H3. The molecule has 1 aliphatic heterocycles. The average Bonchev–Trinajstić information content (AvgIpc) is 2.31. The van der Waals surface area contributed by atoms with Crippen LogP contribution in [0.25, 0.3) is 0 Å². The summed E-state index contributed by atoms with van der Waals surface area (Å²) in [5.41, 5.74) is 0. The lowest BCUT2D eigenvalue weighted by Gasteiger charge is -2.12. The van der Waals surface area contributed by atoms with Crippen molar-refractivity contribution in [1.82, 2.24) is 0 Å². The van der Waals surface area contributed by atoms with Crippen LogP contribution in [0.4, 0.5) is 0 Å². The van der Waals surface area contributed by atoms with E-state index in [4.69, 9.17) is 4.74 Å². The molecule has 0 aromatic rings. The first-order valence-electron chi connectivity index (χ1n) is 5.39. The Morgan fingerprint density at radius 3 is 2.50 bits per heavy atom. The third-order valence-corrected chi connectivity index (χ3v) is 2.92. The summed E-state index contributed by atoms with van der Waals surface area (Å²) in [5, 5.41) is 0. The van der Waals surface area contributed by atoms with Crippen LogP contribution in [0, 0.1) is 5.92 Å².